The molecule has 0 saturated heterocycles. The first kappa shape index (κ1) is 13.2. The highest BCUT2D eigenvalue weighted by atomic mass is 16.5. The third-order valence-electron chi connectivity index (χ3n) is 2.30. The second-order valence-corrected chi connectivity index (χ2v) is 3.62. The molecule has 0 aliphatic carbocycles. The van der Waals surface area contributed by atoms with E-state index in [1.54, 1.807) is 0 Å². The number of unbranched alkanes of at least 4 members (excludes halogenated alkanes) is 1. The van der Waals surface area contributed by atoms with Crippen LogP contribution in [0.3, 0.4) is 0 Å². The number of carboxylic acids is 1. The molecule has 0 spiro atoms. The van der Waals surface area contributed by atoms with Crippen LogP contribution < -0.4 is 4.74 Å². The Morgan fingerprint density at radius 1 is 1.29 bits per heavy atom. The smallest absolute Gasteiger partial charge is 0.332 e. The van der Waals surface area contributed by atoms with Crippen molar-refractivity contribution in [2.45, 2.75) is 25.3 Å². The lowest BCUT2D eigenvalue weighted by molar-refractivity contribution is -0.138. The molecule has 92 valence electrons. The fraction of sp³-hybridized carbons (Fsp3) is 0.417. The maximum atomic E-state index is 10.5. The summed E-state index contributed by atoms with van der Waals surface area (Å²) in [6.07, 6.45) is 1.57. The Hall–Kier alpha value is -1.91. The van der Waals surface area contributed by atoms with Crippen molar-refractivity contribution in [3.63, 3.8) is 0 Å². The van der Waals surface area contributed by atoms with Gasteiger partial charge in [-0.2, -0.15) is 0 Å². The van der Waals surface area contributed by atoms with E-state index in [1.807, 2.05) is 30.3 Å². The third-order valence-corrected chi connectivity index (χ3v) is 2.30. The van der Waals surface area contributed by atoms with Gasteiger partial charge in [0.05, 0.1) is 6.61 Å². The maximum Gasteiger partial charge on any atom is 0.332 e. The summed E-state index contributed by atoms with van der Waals surface area (Å²) in [5.74, 6) is -0.375. The lowest BCUT2D eigenvalue weighted by Gasteiger charge is -2.06. The molecule has 0 saturated carbocycles. The van der Waals surface area contributed by atoms with Crippen LogP contribution in [-0.4, -0.2) is 23.7 Å². The number of rotatable bonds is 8. The van der Waals surface area contributed by atoms with Gasteiger partial charge in [0.15, 0.2) is 6.04 Å². The molecular formula is C12H15NO4. The summed E-state index contributed by atoms with van der Waals surface area (Å²) in [6, 6.07) is 8.24. The Morgan fingerprint density at radius 3 is 2.59 bits per heavy atom. The number of hydrogen-bond donors (Lipinski definition) is 1. The average Bonchev–Trinajstić information content (AvgIpc) is 2.34. The number of hydrogen-bond acceptors (Lipinski definition) is 4. The molecule has 17 heavy (non-hydrogen) atoms. The first-order valence-electron chi connectivity index (χ1n) is 5.47. The van der Waals surface area contributed by atoms with E-state index in [2.05, 4.69) is 5.18 Å². The van der Waals surface area contributed by atoms with Crippen LogP contribution in [0.15, 0.2) is 35.5 Å². The van der Waals surface area contributed by atoms with Gasteiger partial charge in [-0.25, -0.2) is 4.79 Å². The SMILES string of the molecule is O=NC(CCCCOc1ccccc1)C(=O)O. The number of ether oxygens (including phenoxy) is 1. The van der Waals surface area contributed by atoms with Crippen LogP contribution in [0.1, 0.15) is 19.3 Å². The number of nitrogens with zero attached hydrogens (tertiary/aromatic N) is 1. The van der Waals surface area contributed by atoms with E-state index in [9.17, 15) is 9.70 Å². The van der Waals surface area contributed by atoms with Crippen molar-refractivity contribution in [2.24, 2.45) is 5.18 Å². The number of carbonyl (C=O) groups is 1. The predicted octanol–water partition coefficient (Wildman–Crippen LogP) is 2.46. The van der Waals surface area contributed by atoms with Crippen LogP contribution >= 0.6 is 0 Å². The lowest BCUT2D eigenvalue weighted by atomic mass is 10.1. The first-order chi connectivity index (χ1) is 8.24. The molecule has 1 N–H and O–H groups in total. The topological polar surface area (TPSA) is 76.0 Å². The van der Waals surface area contributed by atoms with Crippen LogP contribution in [0.2, 0.25) is 0 Å². The number of nitroso groups, excluding NO2 is 1. The molecule has 0 aromatic heterocycles. The number of carboxylic acid groups (broad SMARTS) is 1. The molecule has 1 aromatic carbocycles. The van der Waals surface area contributed by atoms with Crippen LogP contribution in [0.4, 0.5) is 0 Å². The van der Waals surface area contributed by atoms with Crippen LogP contribution in [-0.2, 0) is 4.79 Å². The van der Waals surface area contributed by atoms with E-state index in [-0.39, 0.29) is 6.42 Å². The molecule has 0 fully saturated rings. The molecule has 1 unspecified atom stereocenters. The normalized spacial score (nSPS) is 11.8. The van der Waals surface area contributed by atoms with Crippen molar-refractivity contribution in [2.75, 3.05) is 6.61 Å². The van der Waals surface area contributed by atoms with Crippen molar-refractivity contribution in [1.29, 1.82) is 0 Å². The zero-order valence-corrected chi connectivity index (χ0v) is 9.41. The van der Waals surface area contributed by atoms with Crippen LogP contribution in [0.5, 0.6) is 5.75 Å². The monoisotopic (exact) mass is 237 g/mol. The van der Waals surface area contributed by atoms with Gasteiger partial charge in [0, 0.05) is 0 Å². The standard InChI is InChI=1S/C12H15NO4/c14-12(15)11(13-16)8-4-5-9-17-10-6-2-1-3-7-10/h1-3,6-7,11H,4-5,8-9H2,(H,14,15). The quantitative estimate of drug-likeness (QED) is 0.556. The molecule has 1 rings (SSSR count). The number of aliphatic carboxylic acids is 1. The van der Waals surface area contributed by atoms with Gasteiger partial charge < -0.3 is 9.84 Å². The molecular weight excluding hydrogens is 222 g/mol. The summed E-state index contributed by atoms with van der Waals surface area (Å²) in [5, 5.41) is 11.1. The van der Waals surface area contributed by atoms with Crippen molar-refractivity contribution in [3.05, 3.63) is 35.2 Å². The second-order valence-electron chi connectivity index (χ2n) is 3.62. The molecule has 1 atom stereocenters. The minimum Gasteiger partial charge on any atom is -0.494 e. The van der Waals surface area contributed by atoms with Crippen molar-refractivity contribution >= 4 is 5.97 Å². The van der Waals surface area contributed by atoms with Gasteiger partial charge in [0.1, 0.15) is 5.75 Å². The van der Waals surface area contributed by atoms with Crippen molar-refractivity contribution in [1.82, 2.24) is 0 Å². The first-order valence-corrected chi connectivity index (χ1v) is 5.47. The summed E-state index contributed by atoms with van der Waals surface area (Å²) in [7, 11) is 0. The van der Waals surface area contributed by atoms with Crippen molar-refractivity contribution in [3.8, 4) is 5.75 Å². The van der Waals surface area contributed by atoms with Gasteiger partial charge in [0.25, 0.3) is 0 Å². The minimum absolute atomic E-state index is 0.261. The van der Waals surface area contributed by atoms with E-state index < -0.39 is 12.0 Å². The summed E-state index contributed by atoms with van der Waals surface area (Å²) < 4.78 is 5.43. The molecule has 1 aromatic rings. The Bertz CT molecular complexity index is 353. The Balaban J connectivity index is 2.12. The molecule has 0 amide bonds. The molecule has 0 aliphatic heterocycles. The molecule has 0 aliphatic rings. The van der Waals surface area contributed by atoms with Crippen LogP contribution in [0, 0.1) is 4.91 Å². The van der Waals surface area contributed by atoms with Gasteiger partial charge >= 0.3 is 5.97 Å². The third kappa shape index (κ3) is 5.10. The summed E-state index contributed by atoms with van der Waals surface area (Å²) >= 11 is 0. The highest BCUT2D eigenvalue weighted by molar-refractivity contribution is 5.73. The second kappa shape index (κ2) is 7.38. The van der Waals surface area contributed by atoms with E-state index in [4.69, 9.17) is 9.84 Å². The fourth-order valence-electron chi connectivity index (χ4n) is 1.37. The van der Waals surface area contributed by atoms with Gasteiger partial charge in [-0.05, 0) is 31.4 Å². The highest BCUT2D eigenvalue weighted by Crippen LogP contribution is 2.10. The fourth-order valence-corrected chi connectivity index (χ4v) is 1.37. The van der Waals surface area contributed by atoms with Gasteiger partial charge in [-0.3, -0.25) is 0 Å². The summed E-state index contributed by atoms with van der Waals surface area (Å²) in [5.41, 5.74) is 0. The molecule has 0 bridgehead atoms. The largest absolute Gasteiger partial charge is 0.494 e. The number of para-hydroxylation sites is 1. The minimum atomic E-state index is -1.16. The van der Waals surface area contributed by atoms with Crippen molar-refractivity contribution < 1.29 is 14.6 Å². The number of benzene rings is 1. The van der Waals surface area contributed by atoms with E-state index in [1.165, 1.54) is 0 Å². The van der Waals surface area contributed by atoms with Gasteiger partial charge in [0.2, 0.25) is 0 Å². The molecule has 0 heterocycles. The molecule has 5 nitrogen and oxygen atoms in total. The van der Waals surface area contributed by atoms with E-state index in [0.29, 0.717) is 19.4 Å². The van der Waals surface area contributed by atoms with Gasteiger partial charge in [-0.15, -0.1) is 4.91 Å². The highest BCUT2D eigenvalue weighted by Gasteiger charge is 2.16. The zero-order chi connectivity index (χ0) is 12.5. The Kier molecular flexibility index (Phi) is 5.71. The Morgan fingerprint density at radius 2 is 2.00 bits per heavy atom. The summed E-state index contributed by atoms with van der Waals surface area (Å²) in [6.45, 7) is 0.509. The average molecular weight is 237 g/mol. The summed E-state index contributed by atoms with van der Waals surface area (Å²) in [4.78, 5) is 20.7. The van der Waals surface area contributed by atoms with Gasteiger partial charge in [-0.1, -0.05) is 23.4 Å². The maximum absolute atomic E-state index is 10.5. The molecule has 5 heteroatoms. The molecule has 0 radical (unpaired) electrons. The predicted molar refractivity (Wildman–Crippen MR) is 63.0 cm³/mol. The lowest BCUT2D eigenvalue weighted by Crippen LogP contribution is -2.17. The Labute approximate surface area is 99.4 Å². The van der Waals surface area contributed by atoms with E-state index in [0.717, 1.165) is 5.75 Å². The van der Waals surface area contributed by atoms with E-state index >= 15 is 0 Å². The zero-order valence-electron chi connectivity index (χ0n) is 9.41. The van der Waals surface area contributed by atoms with Crippen LogP contribution in [0.25, 0.3) is 0 Å².